The summed E-state index contributed by atoms with van der Waals surface area (Å²) >= 11 is 1.56. The SMILES string of the molecule is C[C@H](NC(=O)NC[C@@H](O)COc1cccc(F)c1)c1cccs1. The molecule has 1 heterocycles. The van der Waals surface area contributed by atoms with Gasteiger partial charge in [0.05, 0.1) is 6.04 Å². The Labute approximate surface area is 138 Å². The lowest BCUT2D eigenvalue weighted by Crippen LogP contribution is -2.42. The van der Waals surface area contributed by atoms with Crippen LogP contribution in [0.2, 0.25) is 0 Å². The van der Waals surface area contributed by atoms with E-state index >= 15 is 0 Å². The molecular weight excluding hydrogens is 319 g/mol. The zero-order chi connectivity index (χ0) is 16.7. The van der Waals surface area contributed by atoms with E-state index in [4.69, 9.17) is 4.74 Å². The first-order valence-electron chi connectivity index (χ1n) is 7.19. The Bertz CT molecular complexity index is 622. The standard InChI is InChI=1S/C16H19FN2O3S/c1-11(15-6-3-7-23-15)19-16(21)18-9-13(20)10-22-14-5-2-4-12(17)8-14/h2-8,11,13,20H,9-10H2,1H3,(H2,18,19,21)/t11-,13+/m0/s1. The number of carbonyl (C=O) groups excluding carboxylic acids is 1. The Hall–Kier alpha value is -2.12. The minimum absolute atomic E-state index is 0.0375. The molecule has 0 fully saturated rings. The summed E-state index contributed by atoms with van der Waals surface area (Å²) in [7, 11) is 0. The number of hydrogen-bond acceptors (Lipinski definition) is 4. The van der Waals surface area contributed by atoms with E-state index in [1.165, 1.54) is 18.2 Å². The molecule has 5 nitrogen and oxygen atoms in total. The van der Waals surface area contributed by atoms with Crippen molar-refractivity contribution in [2.24, 2.45) is 0 Å². The molecule has 124 valence electrons. The maximum absolute atomic E-state index is 13.0. The maximum Gasteiger partial charge on any atom is 0.315 e. The first kappa shape index (κ1) is 17.2. The molecule has 3 N–H and O–H groups in total. The lowest BCUT2D eigenvalue weighted by atomic mass is 10.3. The molecule has 0 saturated heterocycles. The van der Waals surface area contributed by atoms with Crippen molar-refractivity contribution in [2.45, 2.75) is 19.1 Å². The van der Waals surface area contributed by atoms with E-state index in [0.29, 0.717) is 5.75 Å². The summed E-state index contributed by atoms with van der Waals surface area (Å²) < 4.78 is 18.2. The summed E-state index contributed by atoms with van der Waals surface area (Å²) in [5, 5.41) is 17.1. The summed E-state index contributed by atoms with van der Waals surface area (Å²) in [6.07, 6.45) is -0.888. The number of carbonyl (C=O) groups is 1. The molecule has 7 heteroatoms. The third-order valence-electron chi connectivity index (χ3n) is 3.05. The maximum atomic E-state index is 13.0. The van der Waals surface area contributed by atoms with Gasteiger partial charge in [-0.05, 0) is 30.5 Å². The van der Waals surface area contributed by atoms with Gasteiger partial charge in [-0.2, -0.15) is 0 Å². The molecule has 1 aromatic heterocycles. The number of aliphatic hydroxyl groups excluding tert-OH is 1. The molecule has 2 amide bonds. The van der Waals surface area contributed by atoms with Gasteiger partial charge in [0.1, 0.15) is 24.3 Å². The van der Waals surface area contributed by atoms with Crippen LogP contribution in [0.15, 0.2) is 41.8 Å². The van der Waals surface area contributed by atoms with Crippen LogP contribution < -0.4 is 15.4 Å². The normalized spacial score (nSPS) is 13.2. The molecule has 0 radical (unpaired) electrons. The fourth-order valence-electron chi connectivity index (χ4n) is 1.88. The van der Waals surface area contributed by atoms with Gasteiger partial charge in [-0.15, -0.1) is 11.3 Å². The topological polar surface area (TPSA) is 70.6 Å². The number of benzene rings is 1. The Morgan fingerprint density at radius 2 is 2.22 bits per heavy atom. The minimum atomic E-state index is -0.888. The van der Waals surface area contributed by atoms with E-state index < -0.39 is 11.9 Å². The summed E-state index contributed by atoms with van der Waals surface area (Å²) in [6.45, 7) is 1.89. The van der Waals surface area contributed by atoms with Crippen LogP contribution in [0.5, 0.6) is 5.75 Å². The molecule has 2 rings (SSSR count). The largest absolute Gasteiger partial charge is 0.491 e. The van der Waals surface area contributed by atoms with Gasteiger partial charge < -0.3 is 20.5 Å². The number of halogens is 1. The van der Waals surface area contributed by atoms with E-state index in [1.54, 1.807) is 17.4 Å². The summed E-state index contributed by atoms with van der Waals surface area (Å²) in [6, 6.07) is 9.06. The highest BCUT2D eigenvalue weighted by atomic mass is 32.1. The van der Waals surface area contributed by atoms with Crippen molar-refractivity contribution >= 4 is 17.4 Å². The molecule has 0 aliphatic rings. The molecule has 0 spiro atoms. The van der Waals surface area contributed by atoms with E-state index in [-0.39, 0.29) is 25.2 Å². The van der Waals surface area contributed by atoms with Crippen molar-refractivity contribution in [3.8, 4) is 5.75 Å². The zero-order valence-corrected chi connectivity index (χ0v) is 13.5. The number of urea groups is 1. The summed E-state index contributed by atoms with van der Waals surface area (Å²) in [5.41, 5.74) is 0. The summed E-state index contributed by atoms with van der Waals surface area (Å²) in [5.74, 6) is -0.0723. The lowest BCUT2D eigenvalue weighted by molar-refractivity contribution is 0.107. The van der Waals surface area contributed by atoms with E-state index in [2.05, 4.69) is 10.6 Å². The molecule has 0 unspecified atom stereocenters. The van der Waals surface area contributed by atoms with Crippen LogP contribution in [0.4, 0.5) is 9.18 Å². The van der Waals surface area contributed by atoms with Gasteiger partial charge in [-0.25, -0.2) is 9.18 Å². The fourth-order valence-corrected chi connectivity index (χ4v) is 2.61. The molecular formula is C16H19FN2O3S. The molecule has 23 heavy (non-hydrogen) atoms. The first-order chi connectivity index (χ1) is 11.0. The number of ether oxygens (including phenoxy) is 1. The third-order valence-corrected chi connectivity index (χ3v) is 4.11. The number of amides is 2. The summed E-state index contributed by atoms with van der Waals surface area (Å²) in [4.78, 5) is 12.8. The van der Waals surface area contributed by atoms with Crippen molar-refractivity contribution in [1.29, 1.82) is 0 Å². The Balaban J connectivity index is 1.67. The van der Waals surface area contributed by atoms with Crippen LogP contribution in [0.1, 0.15) is 17.8 Å². The van der Waals surface area contributed by atoms with Crippen molar-refractivity contribution in [3.05, 3.63) is 52.5 Å². The minimum Gasteiger partial charge on any atom is -0.491 e. The van der Waals surface area contributed by atoms with Crippen LogP contribution >= 0.6 is 11.3 Å². The number of nitrogens with one attached hydrogen (secondary N) is 2. The fraction of sp³-hybridized carbons (Fsp3) is 0.312. The van der Waals surface area contributed by atoms with Crippen molar-refractivity contribution in [2.75, 3.05) is 13.2 Å². The zero-order valence-electron chi connectivity index (χ0n) is 12.7. The van der Waals surface area contributed by atoms with E-state index in [1.807, 2.05) is 24.4 Å². The lowest BCUT2D eigenvalue weighted by Gasteiger charge is -2.16. The second-order valence-electron chi connectivity index (χ2n) is 5.01. The smallest absolute Gasteiger partial charge is 0.315 e. The molecule has 2 aromatic rings. The van der Waals surface area contributed by atoms with Crippen LogP contribution in [-0.4, -0.2) is 30.4 Å². The number of hydrogen-bond donors (Lipinski definition) is 3. The predicted octanol–water partition coefficient (Wildman–Crippen LogP) is 2.69. The monoisotopic (exact) mass is 338 g/mol. The Kier molecular flexibility index (Phi) is 6.37. The highest BCUT2D eigenvalue weighted by Crippen LogP contribution is 2.17. The van der Waals surface area contributed by atoms with Crippen molar-refractivity contribution < 1.29 is 19.0 Å². The predicted molar refractivity (Wildman–Crippen MR) is 87.2 cm³/mol. The number of thiophene rings is 1. The van der Waals surface area contributed by atoms with Crippen LogP contribution in [0.3, 0.4) is 0 Å². The van der Waals surface area contributed by atoms with Gasteiger partial charge in [0.25, 0.3) is 0 Å². The van der Waals surface area contributed by atoms with E-state index in [0.717, 1.165) is 4.88 Å². The molecule has 0 aliphatic heterocycles. The van der Waals surface area contributed by atoms with Gasteiger partial charge in [0.2, 0.25) is 0 Å². The average Bonchev–Trinajstić information content (AvgIpc) is 3.05. The van der Waals surface area contributed by atoms with Crippen molar-refractivity contribution in [3.63, 3.8) is 0 Å². The highest BCUT2D eigenvalue weighted by Gasteiger charge is 2.12. The third kappa shape index (κ3) is 5.88. The second-order valence-corrected chi connectivity index (χ2v) is 5.99. The molecule has 1 aromatic carbocycles. The second kappa shape index (κ2) is 8.50. The van der Waals surface area contributed by atoms with Crippen LogP contribution in [-0.2, 0) is 0 Å². The first-order valence-corrected chi connectivity index (χ1v) is 8.07. The van der Waals surface area contributed by atoms with Gasteiger partial charge in [0, 0.05) is 17.5 Å². The van der Waals surface area contributed by atoms with Crippen molar-refractivity contribution in [1.82, 2.24) is 10.6 Å². The Morgan fingerprint density at radius 1 is 1.39 bits per heavy atom. The van der Waals surface area contributed by atoms with Gasteiger partial charge >= 0.3 is 6.03 Å². The Morgan fingerprint density at radius 3 is 2.91 bits per heavy atom. The quantitative estimate of drug-likeness (QED) is 0.727. The van der Waals surface area contributed by atoms with Gasteiger partial charge in [-0.3, -0.25) is 0 Å². The average molecular weight is 338 g/mol. The molecule has 2 atom stereocenters. The molecule has 0 bridgehead atoms. The number of rotatable bonds is 7. The van der Waals surface area contributed by atoms with Crippen LogP contribution in [0, 0.1) is 5.82 Å². The van der Waals surface area contributed by atoms with Crippen LogP contribution in [0.25, 0.3) is 0 Å². The van der Waals surface area contributed by atoms with E-state index in [9.17, 15) is 14.3 Å². The van der Waals surface area contributed by atoms with Gasteiger partial charge in [-0.1, -0.05) is 12.1 Å². The molecule has 0 aliphatic carbocycles. The number of aliphatic hydroxyl groups is 1. The highest BCUT2D eigenvalue weighted by molar-refractivity contribution is 7.10. The molecule has 0 saturated carbocycles. The van der Waals surface area contributed by atoms with Gasteiger partial charge in [0.15, 0.2) is 0 Å².